The van der Waals surface area contributed by atoms with Gasteiger partial charge in [-0.2, -0.15) is 0 Å². The van der Waals surface area contributed by atoms with E-state index in [-0.39, 0.29) is 43.4 Å². The average Bonchev–Trinajstić information content (AvgIpc) is 3.87. The quantitative estimate of drug-likeness (QED) is 0.107. The van der Waals surface area contributed by atoms with Crippen LogP contribution in [-0.4, -0.2) is 27.6 Å². The Kier molecular flexibility index (Phi) is 11.4. The van der Waals surface area contributed by atoms with Crippen LogP contribution in [0.4, 0.5) is 0 Å². The summed E-state index contributed by atoms with van der Waals surface area (Å²) in [4.78, 5) is 14.3. The van der Waals surface area contributed by atoms with Gasteiger partial charge in [0.15, 0.2) is 0 Å². The van der Waals surface area contributed by atoms with Crippen molar-refractivity contribution >= 4 is 46.2 Å². The minimum absolute atomic E-state index is 0. The van der Waals surface area contributed by atoms with Crippen molar-refractivity contribution in [1.82, 2.24) is 19.5 Å². The molecule has 9 rings (SSSR count). The van der Waals surface area contributed by atoms with Crippen molar-refractivity contribution in [3.8, 4) is 39.5 Å². The number of aryl methyl sites for hydroxylation is 1. The first kappa shape index (κ1) is 38.2. The average molecular weight is 1010 g/mol. The van der Waals surface area contributed by atoms with Crippen molar-refractivity contribution in [3.05, 3.63) is 162 Å². The molecule has 62 heavy (non-hydrogen) atoms. The first-order valence-electron chi connectivity index (χ1n) is 23.7. The summed E-state index contributed by atoms with van der Waals surface area (Å²) in [5.74, 6) is 1.20. The Balaban J connectivity index is 0.000000216. The maximum absolute atomic E-state index is 8.59. The van der Waals surface area contributed by atoms with Gasteiger partial charge in [-0.3, -0.25) is 9.97 Å². The zero-order valence-electron chi connectivity index (χ0n) is 41.9. The largest absolute Gasteiger partial charge is 0.501 e. The summed E-state index contributed by atoms with van der Waals surface area (Å²) in [6, 6.07) is 42.6. The summed E-state index contributed by atoms with van der Waals surface area (Å²) >= 11 is 0. The first-order valence-corrected chi connectivity index (χ1v) is 24.7. The SMILES string of the molecule is CC(C)c1cc(-c2ccccc2)cc(C(C)C)c1-n1c(-c2[c-]ccc3c2oc2ccccc23)nc2ccncc21.[2H]C([2H])([2H])c1c[c-]c(-c2cc(C([2H])([2H])C(C)C)c([Si](C)(C)C)cn2)cc1.[Ir]. The molecule has 4 aromatic heterocycles. The number of rotatable bonds is 9. The molecule has 4 heterocycles. The normalized spacial score (nSPS) is 13.4. The predicted molar refractivity (Wildman–Crippen MR) is 259 cm³/mol. The van der Waals surface area contributed by atoms with Crippen molar-refractivity contribution < 1.29 is 31.4 Å². The Morgan fingerprint density at radius 3 is 2.18 bits per heavy atom. The van der Waals surface area contributed by atoms with E-state index in [1.54, 1.807) is 24.5 Å². The monoisotopic (exact) mass is 1010 g/mol. The third-order valence-corrected chi connectivity index (χ3v) is 13.0. The van der Waals surface area contributed by atoms with Crippen molar-refractivity contribution in [2.45, 2.75) is 86.2 Å². The minimum Gasteiger partial charge on any atom is -0.501 e. The summed E-state index contributed by atoms with van der Waals surface area (Å²) in [6.07, 6.45) is 4.05. The second kappa shape index (κ2) is 18.5. The molecule has 0 aliphatic heterocycles. The summed E-state index contributed by atoms with van der Waals surface area (Å²) in [5, 5.41) is 3.17. The molecule has 0 N–H and O–H groups in total. The molecule has 0 saturated heterocycles. The van der Waals surface area contributed by atoms with E-state index in [0.29, 0.717) is 16.8 Å². The fourth-order valence-electron chi connectivity index (χ4n) is 8.01. The second-order valence-corrected chi connectivity index (χ2v) is 22.7. The van der Waals surface area contributed by atoms with Gasteiger partial charge in [0.25, 0.3) is 0 Å². The van der Waals surface area contributed by atoms with E-state index in [0.717, 1.165) is 55.2 Å². The van der Waals surface area contributed by atoms with Gasteiger partial charge < -0.3 is 14.0 Å². The van der Waals surface area contributed by atoms with Crippen LogP contribution in [0.5, 0.6) is 0 Å². The van der Waals surface area contributed by atoms with Crippen molar-refractivity contribution in [2.75, 3.05) is 0 Å². The third kappa shape index (κ3) is 9.03. The van der Waals surface area contributed by atoms with Gasteiger partial charge in [-0.25, -0.2) is 0 Å². The number of benzene rings is 5. The second-order valence-electron chi connectivity index (χ2n) is 17.7. The predicted octanol–water partition coefficient (Wildman–Crippen LogP) is 14.3. The van der Waals surface area contributed by atoms with Crippen molar-refractivity contribution in [3.63, 3.8) is 0 Å². The summed E-state index contributed by atoms with van der Waals surface area (Å²) < 4.78 is 48.3. The Labute approximate surface area is 389 Å². The number of aromatic nitrogens is 4. The van der Waals surface area contributed by atoms with Crippen molar-refractivity contribution in [2.24, 2.45) is 5.92 Å². The molecule has 7 heteroatoms. The topological polar surface area (TPSA) is 56.7 Å². The van der Waals surface area contributed by atoms with E-state index in [4.69, 9.17) is 16.3 Å². The van der Waals surface area contributed by atoms with Gasteiger partial charge in [-0.1, -0.05) is 139 Å². The van der Waals surface area contributed by atoms with E-state index >= 15 is 0 Å². The van der Waals surface area contributed by atoms with Crippen LogP contribution in [-0.2, 0) is 26.5 Å². The zero-order chi connectivity index (χ0) is 47.3. The molecule has 0 aliphatic carbocycles. The molecule has 0 spiro atoms. The molecule has 0 bridgehead atoms. The van der Waals surface area contributed by atoms with Crippen LogP contribution < -0.4 is 5.19 Å². The number of hydrogen-bond donors (Lipinski definition) is 0. The van der Waals surface area contributed by atoms with Gasteiger partial charge in [0.05, 0.1) is 36.7 Å². The molecule has 0 atom stereocenters. The molecule has 1 radical (unpaired) electrons. The summed E-state index contributed by atoms with van der Waals surface area (Å²) in [5.41, 5.74) is 12.7. The Morgan fingerprint density at radius 2 is 1.52 bits per heavy atom. The van der Waals surface area contributed by atoms with Gasteiger partial charge in [0, 0.05) is 50.4 Å². The Bertz CT molecular complexity index is 3160. The zero-order valence-corrected chi connectivity index (χ0v) is 40.3. The molecule has 0 unspecified atom stereocenters. The smallest absolute Gasteiger partial charge is 0.120 e. The van der Waals surface area contributed by atoms with Crippen LogP contribution in [0.3, 0.4) is 0 Å². The summed E-state index contributed by atoms with van der Waals surface area (Å²) in [7, 11) is -1.78. The maximum atomic E-state index is 8.59. The Morgan fingerprint density at radius 1 is 0.790 bits per heavy atom. The molecular formula is C55H56IrN4OSi-2. The number of pyridine rings is 2. The van der Waals surface area contributed by atoms with E-state index in [2.05, 4.69) is 129 Å². The number of hydrogen-bond acceptors (Lipinski definition) is 4. The van der Waals surface area contributed by atoms with Gasteiger partial charge in [0.1, 0.15) is 5.58 Å². The van der Waals surface area contributed by atoms with E-state index in [9.17, 15) is 0 Å². The summed E-state index contributed by atoms with van der Waals surface area (Å²) in [6.45, 7) is 17.2. The van der Waals surface area contributed by atoms with Gasteiger partial charge in [-0.15, -0.1) is 53.6 Å². The Hall–Kier alpha value is -5.46. The first-order chi connectivity index (χ1) is 31.3. The molecule has 0 fully saturated rings. The maximum Gasteiger partial charge on any atom is 0.120 e. The molecular weight excluding hydrogens is 953 g/mol. The molecule has 5 nitrogen and oxygen atoms in total. The number of para-hydroxylation sites is 1. The molecule has 317 valence electrons. The number of nitrogens with zero attached hydrogens (tertiary/aromatic N) is 4. The van der Waals surface area contributed by atoms with E-state index in [1.165, 1.54) is 28.3 Å². The minimum atomic E-state index is -2.16. The molecule has 0 saturated carbocycles. The molecule has 9 aromatic rings. The van der Waals surface area contributed by atoms with Crippen LogP contribution in [0, 0.1) is 24.9 Å². The number of fused-ring (bicyclic) bond motifs is 4. The standard InChI is InChI=1S/C36H30N3O.C19H26NSi.Ir/c1-22(2)29-19-25(24-11-6-5-7-12-24)20-30(23(3)4)34(29)39-32-21-37-18-17-31(32)38-36(39)28-15-10-14-27-26-13-8-9-16-33(26)40-35(27)28;1-14(2)11-17-12-18(16-9-7-15(3)8-10-16)20-13-19(17)21(4,5)6;/h5-14,16-23H,1-4H3;7-9,12-14H,11H2,1-6H3;/q2*-1;/i;3D3,11D2;. The third-order valence-electron chi connectivity index (χ3n) is 11.0. The van der Waals surface area contributed by atoms with Gasteiger partial charge >= 0.3 is 0 Å². The van der Waals surface area contributed by atoms with Gasteiger partial charge in [0.2, 0.25) is 0 Å². The number of imidazole rings is 1. The van der Waals surface area contributed by atoms with E-state index < -0.39 is 21.3 Å². The fraction of sp³-hybridized carbons (Fsp3) is 0.255. The van der Waals surface area contributed by atoms with Crippen LogP contribution in [0.25, 0.3) is 72.4 Å². The van der Waals surface area contributed by atoms with Crippen molar-refractivity contribution in [1.29, 1.82) is 0 Å². The van der Waals surface area contributed by atoms with Gasteiger partial charge in [-0.05, 0) is 81.5 Å². The molecule has 0 amide bonds. The molecule has 0 aliphatic rings. The molecule has 5 aromatic carbocycles. The van der Waals surface area contributed by atoms with Crippen LogP contribution in [0.2, 0.25) is 19.6 Å². The fourth-order valence-corrected chi connectivity index (χ4v) is 9.41. The van der Waals surface area contributed by atoms with Crippen LogP contribution in [0.1, 0.15) is 82.5 Å². The van der Waals surface area contributed by atoms with Crippen LogP contribution >= 0.6 is 0 Å². The number of furan rings is 1. The van der Waals surface area contributed by atoms with Crippen LogP contribution in [0.15, 0.2) is 132 Å². The van der Waals surface area contributed by atoms with E-state index in [1.807, 2.05) is 56.4 Å².